The SMILES string of the molecule is C=C(C)C(=O)OC(F)(F)C(F)(F)C(F)(F)C(F)(F)C(F)(F)C(F)(F)C(F)(F)CCC(F)(F)F.C=C(C)C(=O)Oc1ccccc1. The normalized spacial score (nSPS) is 13.8. The summed E-state index contributed by atoms with van der Waals surface area (Å²) in [7, 11) is 0. The number of hydrogen-bond donors (Lipinski definition) is 0. The third-order valence-electron chi connectivity index (χ3n) is 5.00. The summed E-state index contributed by atoms with van der Waals surface area (Å²) in [6.07, 6.45) is -19.4. The van der Waals surface area contributed by atoms with Crippen LogP contribution in [0, 0.1) is 0 Å². The number of ether oxygens (including phenoxy) is 2. The van der Waals surface area contributed by atoms with E-state index >= 15 is 0 Å². The summed E-state index contributed by atoms with van der Waals surface area (Å²) in [6, 6.07) is 8.92. The Kier molecular flexibility index (Phi) is 12.4. The van der Waals surface area contributed by atoms with E-state index in [0.29, 0.717) is 18.2 Å². The lowest BCUT2D eigenvalue weighted by Gasteiger charge is -2.42. The molecule has 0 aliphatic heterocycles. The molecule has 0 aromatic heterocycles. The number of halogens is 17. The second-order valence-electron chi connectivity index (χ2n) is 8.86. The van der Waals surface area contributed by atoms with E-state index in [-0.39, 0.29) is 5.97 Å². The molecular formula is C24H19F17O4. The van der Waals surface area contributed by atoms with E-state index in [1.54, 1.807) is 31.2 Å². The zero-order valence-electron chi connectivity index (χ0n) is 22.3. The van der Waals surface area contributed by atoms with Crippen molar-refractivity contribution in [3.05, 3.63) is 54.6 Å². The first-order valence-electron chi connectivity index (χ1n) is 11.3. The molecule has 0 heterocycles. The maximum atomic E-state index is 13.5. The van der Waals surface area contributed by atoms with Crippen LogP contribution in [0.4, 0.5) is 74.6 Å². The predicted octanol–water partition coefficient (Wildman–Crippen LogP) is 9.02. The quantitative estimate of drug-likeness (QED) is 0.0949. The van der Waals surface area contributed by atoms with Crippen molar-refractivity contribution in [2.24, 2.45) is 0 Å². The van der Waals surface area contributed by atoms with E-state index in [1.807, 2.05) is 6.07 Å². The summed E-state index contributed by atoms with van der Waals surface area (Å²) in [5, 5.41) is 0. The van der Waals surface area contributed by atoms with Crippen LogP contribution in [0.2, 0.25) is 0 Å². The van der Waals surface area contributed by atoms with Crippen molar-refractivity contribution >= 4 is 11.9 Å². The lowest BCUT2D eigenvalue weighted by molar-refractivity contribution is -0.461. The Labute approximate surface area is 241 Å². The minimum Gasteiger partial charge on any atom is -0.423 e. The Morgan fingerprint density at radius 1 is 0.578 bits per heavy atom. The Morgan fingerprint density at radius 2 is 0.956 bits per heavy atom. The summed E-state index contributed by atoms with van der Waals surface area (Å²) < 4.78 is 230. The van der Waals surface area contributed by atoms with Crippen LogP contribution in [-0.2, 0) is 14.3 Å². The summed E-state index contributed by atoms with van der Waals surface area (Å²) >= 11 is 0. The van der Waals surface area contributed by atoms with Crippen molar-refractivity contribution in [1.82, 2.24) is 0 Å². The maximum Gasteiger partial charge on any atom is 0.473 e. The molecule has 0 amide bonds. The second kappa shape index (κ2) is 13.4. The number of alkyl halides is 17. The van der Waals surface area contributed by atoms with Gasteiger partial charge in [-0.1, -0.05) is 31.4 Å². The molecule has 0 saturated carbocycles. The molecule has 258 valence electrons. The summed E-state index contributed by atoms with van der Waals surface area (Å²) in [5.41, 5.74) is -0.861. The van der Waals surface area contributed by atoms with Crippen LogP contribution in [0.3, 0.4) is 0 Å². The first kappa shape index (κ1) is 41.4. The topological polar surface area (TPSA) is 52.6 Å². The van der Waals surface area contributed by atoms with Gasteiger partial charge in [0.15, 0.2) is 0 Å². The van der Waals surface area contributed by atoms with Crippen molar-refractivity contribution < 1.29 is 93.7 Å². The van der Waals surface area contributed by atoms with Gasteiger partial charge in [0, 0.05) is 24.0 Å². The lowest BCUT2D eigenvalue weighted by Crippen LogP contribution is -2.73. The van der Waals surface area contributed by atoms with Gasteiger partial charge in [0.1, 0.15) is 5.75 Å². The van der Waals surface area contributed by atoms with Gasteiger partial charge < -0.3 is 9.47 Å². The van der Waals surface area contributed by atoms with Crippen LogP contribution in [0.1, 0.15) is 26.7 Å². The van der Waals surface area contributed by atoms with Gasteiger partial charge >= 0.3 is 59.8 Å². The van der Waals surface area contributed by atoms with E-state index in [4.69, 9.17) is 4.74 Å². The molecule has 4 nitrogen and oxygen atoms in total. The number of para-hydroxylation sites is 1. The number of carbonyl (C=O) groups is 2. The van der Waals surface area contributed by atoms with Gasteiger partial charge in [0.05, 0.1) is 0 Å². The van der Waals surface area contributed by atoms with Crippen LogP contribution >= 0.6 is 0 Å². The first-order chi connectivity index (χ1) is 19.7. The number of carbonyl (C=O) groups excluding carboxylic acids is 2. The molecule has 0 unspecified atom stereocenters. The highest BCUT2D eigenvalue weighted by molar-refractivity contribution is 5.88. The molecule has 45 heavy (non-hydrogen) atoms. The average molecular weight is 694 g/mol. The van der Waals surface area contributed by atoms with E-state index in [0.717, 1.165) is 0 Å². The average Bonchev–Trinajstić information content (AvgIpc) is 2.87. The molecule has 1 aromatic carbocycles. The van der Waals surface area contributed by atoms with Crippen molar-refractivity contribution in [2.45, 2.75) is 74.5 Å². The van der Waals surface area contributed by atoms with Crippen LogP contribution < -0.4 is 4.74 Å². The maximum absolute atomic E-state index is 13.5. The largest absolute Gasteiger partial charge is 0.473 e. The standard InChI is InChI=1S/C14H9F17O2.C10H10O2/c1-5(2)6(32)33-14(30,31)13(28,29)12(26,27)11(24,25)10(22,23)9(20,21)7(15,16)3-4-8(17,18)19;1-8(2)10(11)12-9-6-4-3-5-7-9/h1,3-4H2,2H3;3-7H,1H2,2H3. The van der Waals surface area contributed by atoms with Gasteiger partial charge in [-0.3, -0.25) is 0 Å². The van der Waals surface area contributed by atoms with Crippen molar-refractivity contribution in [3.63, 3.8) is 0 Å². The van der Waals surface area contributed by atoms with Gasteiger partial charge in [-0.15, -0.1) is 0 Å². The van der Waals surface area contributed by atoms with Crippen LogP contribution in [0.5, 0.6) is 5.75 Å². The molecule has 0 bridgehead atoms. The highest BCUT2D eigenvalue weighted by atomic mass is 19.4. The lowest BCUT2D eigenvalue weighted by atomic mass is 9.89. The highest BCUT2D eigenvalue weighted by Gasteiger charge is 2.93. The number of benzene rings is 1. The zero-order chi connectivity index (χ0) is 36.3. The fourth-order valence-corrected chi connectivity index (χ4v) is 2.41. The third kappa shape index (κ3) is 8.80. The van der Waals surface area contributed by atoms with Crippen molar-refractivity contribution in [3.8, 4) is 5.75 Å². The van der Waals surface area contributed by atoms with Crippen LogP contribution in [0.25, 0.3) is 0 Å². The van der Waals surface area contributed by atoms with Crippen LogP contribution in [0.15, 0.2) is 54.6 Å². The number of hydrogen-bond acceptors (Lipinski definition) is 4. The molecule has 0 atom stereocenters. The summed E-state index contributed by atoms with van der Waals surface area (Å²) in [6.45, 7) is 8.01. The molecule has 0 aliphatic carbocycles. The Bertz CT molecular complexity index is 1220. The molecule has 0 N–H and O–H groups in total. The van der Waals surface area contributed by atoms with Gasteiger partial charge in [-0.2, -0.15) is 74.6 Å². The molecule has 0 saturated heterocycles. The van der Waals surface area contributed by atoms with E-state index < -0.39 is 72.2 Å². The molecule has 1 aromatic rings. The Morgan fingerprint density at radius 3 is 1.33 bits per heavy atom. The fourth-order valence-electron chi connectivity index (χ4n) is 2.41. The molecule has 21 heteroatoms. The molecule has 0 radical (unpaired) electrons. The van der Waals surface area contributed by atoms with E-state index in [2.05, 4.69) is 17.9 Å². The molecule has 0 spiro atoms. The van der Waals surface area contributed by atoms with Gasteiger partial charge in [0.2, 0.25) is 0 Å². The van der Waals surface area contributed by atoms with Gasteiger partial charge in [-0.05, 0) is 26.0 Å². The second-order valence-corrected chi connectivity index (χ2v) is 8.86. The molecule has 0 aliphatic rings. The van der Waals surface area contributed by atoms with Crippen LogP contribution in [-0.4, -0.2) is 59.8 Å². The summed E-state index contributed by atoms with van der Waals surface area (Å²) in [4.78, 5) is 21.8. The first-order valence-corrected chi connectivity index (χ1v) is 11.3. The van der Waals surface area contributed by atoms with E-state index in [1.165, 1.54) is 0 Å². The summed E-state index contributed by atoms with van der Waals surface area (Å²) in [5.74, 6) is -50.5. The molecule has 1 rings (SSSR count). The predicted molar refractivity (Wildman–Crippen MR) is 118 cm³/mol. The third-order valence-corrected chi connectivity index (χ3v) is 5.00. The van der Waals surface area contributed by atoms with Crippen molar-refractivity contribution in [1.29, 1.82) is 0 Å². The van der Waals surface area contributed by atoms with E-state index in [9.17, 15) is 84.2 Å². The smallest absolute Gasteiger partial charge is 0.423 e. The highest BCUT2D eigenvalue weighted by Crippen LogP contribution is 2.62. The van der Waals surface area contributed by atoms with Crippen molar-refractivity contribution in [2.75, 3.05) is 0 Å². The number of rotatable bonds is 12. The van der Waals surface area contributed by atoms with Gasteiger partial charge in [0.25, 0.3) is 0 Å². The zero-order valence-corrected chi connectivity index (χ0v) is 22.3. The minimum atomic E-state index is -8.49. The molecule has 0 fully saturated rings. The monoisotopic (exact) mass is 694 g/mol. The fraction of sp³-hybridized carbons (Fsp3) is 0.500. The Balaban J connectivity index is 0.00000133. The Hall–Kier alpha value is -3.55. The minimum absolute atomic E-state index is 0.388. The van der Waals surface area contributed by atoms with Gasteiger partial charge in [-0.25, -0.2) is 9.59 Å². The number of esters is 2. The molecular weight excluding hydrogens is 675 g/mol.